The van der Waals surface area contributed by atoms with Crippen LogP contribution in [0.3, 0.4) is 0 Å². The van der Waals surface area contributed by atoms with Gasteiger partial charge in [0.05, 0.1) is 10.5 Å². The summed E-state index contributed by atoms with van der Waals surface area (Å²) in [6.07, 6.45) is -2.05. The van der Waals surface area contributed by atoms with Crippen LogP contribution in [0.2, 0.25) is 0 Å². The number of halogens is 3. The first kappa shape index (κ1) is 18.2. The zero-order valence-electron chi connectivity index (χ0n) is 13.8. The third-order valence-electron chi connectivity index (χ3n) is 4.02. The van der Waals surface area contributed by atoms with Gasteiger partial charge in [0.15, 0.2) is 0 Å². The number of nitro benzene ring substituents is 1. The summed E-state index contributed by atoms with van der Waals surface area (Å²) in [7, 11) is 0. The number of nitrogens with zero attached hydrogens (tertiary/aromatic N) is 2. The monoisotopic (exact) mass is 343 g/mol. The molecule has 0 saturated heterocycles. The quantitative estimate of drug-likeness (QED) is 0.604. The minimum atomic E-state index is -4.63. The lowest BCUT2D eigenvalue weighted by Crippen LogP contribution is -2.28. The van der Waals surface area contributed by atoms with Crippen molar-refractivity contribution >= 4 is 17.1 Å². The maximum Gasteiger partial charge on any atom is 0.416 e. The van der Waals surface area contributed by atoms with E-state index in [2.05, 4.69) is 31.3 Å². The Labute approximate surface area is 138 Å². The van der Waals surface area contributed by atoms with E-state index < -0.39 is 22.4 Å². The minimum Gasteiger partial charge on any atom is -0.272 e. The van der Waals surface area contributed by atoms with Gasteiger partial charge in [-0.15, -0.1) is 0 Å². The Morgan fingerprint density at radius 1 is 1.38 bits per heavy atom. The molecule has 0 spiro atoms. The van der Waals surface area contributed by atoms with Gasteiger partial charge in [0.2, 0.25) is 0 Å². The van der Waals surface area contributed by atoms with Crippen molar-refractivity contribution in [1.29, 1.82) is 0 Å². The van der Waals surface area contributed by atoms with E-state index >= 15 is 0 Å². The summed E-state index contributed by atoms with van der Waals surface area (Å²) >= 11 is 0. The Hall–Kier alpha value is -2.12. The molecule has 0 unspecified atom stereocenters. The summed E-state index contributed by atoms with van der Waals surface area (Å²) in [5, 5.41) is 15.3. The van der Waals surface area contributed by atoms with Crippen LogP contribution in [0.1, 0.15) is 45.6 Å². The highest BCUT2D eigenvalue weighted by molar-refractivity contribution is 5.87. The number of hydrazone groups is 1. The van der Waals surface area contributed by atoms with E-state index in [1.165, 1.54) is 0 Å². The Morgan fingerprint density at radius 2 is 2.04 bits per heavy atom. The number of hydrogen-bond donors (Lipinski definition) is 1. The van der Waals surface area contributed by atoms with Crippen molar-refractivity contribution in [2.24, 2.45) is 16.4 Å². The van der Waals surface area contributed by atoms with Crippen molar-refractivity contribution in [1.82, 2.24) is 0 Å². The van der Waals surface area contributed by atoms with Gasteiger partial charge in [-0.2, -0.15) is 18.3 Å². The molecule has 1 saturated carbocycles. The molecule has 1 N–H and O–H groups in total. The third-order valence-corrected chi connectivity index (χ3v) is 4.02. The predicted molar refractivity (Wildman–Crippen MR) is 86.0 cm³/mol. The molecule has 24 heavy (non-hydrogen) atoms. The molecule has 0 aliphatic heterocycles. The highest BCUT2D eigenvalue weighted by Crippen LogP contribution is 2.38. The first-order valence-electron chi connectivity index (χ1n) is 7.65. The Morgan fingerprint density at radius 3 is 2.58 bits per heavy atom. The highest BCUT2D eigenvalue weighted by Gasteiger charge is 2.33. The van der Waals surface area contributed by atoms with Crippen LogP contribution in [0.5, 0.6) is 0 Å². The SMILES string of the molecule is C[C@@H]1C/C(=N\Nc2ccc(C(F)(F)F)cc2[N+](=O)[O-])CC(C)(C)C1. The standard InChI is InChI=1S/C16H20F3N3O2/c1-10-6-12(9-15(2,3)8-10)20-21-13-5-4-11(16(17,18)19)7-14(13)22(23)24/h4-5,7,10,21H,6,8-9H2,1-3H3/b20-12+/t10-/m1/s1. The van der Waals surface area contributed by atoms with E-state index in [0.29, 0.717) is 12.0 Å². The molecule has 0 radical (unpaired) electrons. The second-order valence-electron chi connectivity index (χ2n) is 7.13. The van der Waals surface area contributed by atoms with E-state index in [0.717, 1.165) is 37.1 Å². The van der Waals surface area contributed by atoms with Crippen molar-refractivity contribution in [2.45, 2.75) is 46.2 Å². The van der Waals surface area contributed by atoms with Gasteiger partial charge in [-0.25, -0.2) is 0 Å². The molecule has 1 aromatic carbocycles. The van der Waals surface area contributed by atoms with E-state index in [1.54, 1.807) is 0 Å². The van der Waals surface area contributed by atoms with Gasteiger partial charge in [-0.3, -0.25) is 15.5 Å². The van der Waals surface area contributed by atoms with E-state index in [9.17, 15) is 23.3 Å². The summed E-state index contributed by atoms with van der Waals surface area (Å²) in [6.45, 7) is 6.36. The third kappa shape index (κ3) is 4.46. The first-order valence-corrected chi connectivity index (χ1v) is 7.65. The minimum absolute atomic E-state index is 0.0449. The van der Waals surface area contributed by atoms with Crippen LogP contribution in [-0.4, -0.2) is 10.6 Å². The fourth-order valence-corrected chi connectivity index (χ4v) is 3.29. The maximum atomic E-state index is 12.7. The van der Waals surface area contributed by atoms with E-state index in [4.69, 9.17) is 0 Å². The van der Waals surface area contributed by atoms with Crippen molar-refractivity contribution < 1.29 is 18.1 Å². The van der Waals surface area contributed by atoms with Gasteiger partial charge in [-0.05, 0) is 42.7 Å². The number of benzene rings is 1. The molecule has 0 amide bonds. The second kappa shape index (κ2) is 6.41. The second-order valence-corrected chi connectivity index (χ2v) is 7.13. The van der Waals surface area contributed by atoms with Crippen molar-refractivity contribution in [3.05, 3.63) is 33.9 Å². The largest absolute Gasteiger partial charge is 0.416 e. The Bertz CT molecular complexity index is 669. The number of nitrogens with one attached hydrogen (secondary N) is 1. The molecular formula is C16H20F3N3O2. The van der Waals surface area contributed by atoms with Crippen molar-refractivity contribution in [3.8, 4) is 0 Å². The smallest absolute Gasteiger partial charge is 0.272 e. The molecule has 132 valence electrons. The molecule has 0 bridgehead atoms. The molecule has 1 aliphatic carbocycles. The maximum absolute atomic E-state index is 12.7. The zero-order valence-corrected chi connectivity index (χ0v) is 13.8. The van der Waals surface area contributed by atoms with Crippen LogP contribution in [0, 0.1) is 21.4 Å². The normalized spacial score (nSPS) is 22.4. The van der Waals surface area contributed by atoms with Gasteiger partial charge in [0, 0.05) is 11.8 Å². The average Bonchev–Trinajstić information content (AvgIpc) is 2.41. The fourth-order valence-electron chi connectivity index (χ4n) is 3.29. The Balaban J connectivity index is 2.26. The average molecular weight is 343 g/mol. The van der Waals surface area contributed by atoms with Crippen LogP contribution in [-0.2, 0) is 6.18 Å². The predicted octanol–water partition coefficient (Wildman–Crippen LogP) is 5.23. The lowest BCUT2D eigenvalue weighted by atomic mass is 9.72. The van der Waals surface area contributed by atoms with E-state index in [1.807, 2.05) is 0 Å². The highest BCUT2D eigenvalue weighted by atomic mass is 19.4. The molecule has 1 aliphatic rings. The van der Waals surface area contributed by atoms with Crippen LogP contribution < -0.4 is 5.43 Å². The molecule has 0 aromatic heterocycles. The van der Waals surface area contributed by atoms with Gasteiger partial charge in [0.25, 0.3) is 5.69 Å². The Kier molecular flexibility index (Phi) is 4.87. The molecule has 1 aromatic rings. The molecular weight excluding hydrogens is 323 g/mol. The summed E-state index contributed by atoms with van der Waals surface area (Å²) in [5.41, 5.74) is 1.79. The molecule has 5 nitrogen and oxygen atoms in total. The number of alkyl halides is 3. The molecule has 1 fully saturated rings. The summed E-state index contributed by atoms with van der Waals surface area (Å²) in [6, 6.07) is 2.38. The number of nitro groups is 1. The molecule has 8 heteroatoms. The summed E-state index contributed by atoms with van der Waals surface area (Å²) in [4.78, 5) is 10.2. The van der Waals surface area contributed by atoms with E-state index in [-0.39, 0.29) is 11.1 Å². The number of anilines is 1. The van der Waals surface area contributed by atoms with Gasteiger partial charge < -0.3 is 0 Å². The lowest BCUT2D eigenvalue weighted by molar-refractivity contribution is -0.384. The van der Waals surface area contributed by atoms with Crippen LogP contribution >= 0.6 is 0 Å². The summed E-state index contributed by atoms with van der Waals surface area (Å²) < 4.78 is 38.1. The number of rotatable bonds is 3. The lowest BCUT2D eigenvalue weighted by Gasteiger charge is -2.34. The van der Waals surface area contributed by atoms with Crippen LogP contribution in [0.25, 0.3) is 0 Å². The zero-order chi connectivity index (χ0) is 18.1. The summed E-state index contributed by atoms with van der Waals surface area (Å²) in [5.74, 6) is 0.442. The molecule has 0 heterocycles. The number of hydrogen-bond acceptors (Lipinski definition) is 4. The van der Waals surface area contributed by atoms with Gasteiger partial charge >= 0.3 is 6.18 Å². The van der Waals surface area contributed by atoms with Crippen molar-refractivity contribution in [3.63, 3.8) is 0 Å². The van der Waals surface area contributed by atoms with Gasteiger partial charge in [-0.1, -0.05) is 20.8 Å². The van der Waals surface area contributed by atoms with Crippen LogP contribution in [0.15, 0.2) is 23.3 Å². The van der Waals surface area contributed by atoms with Crippen molar-refractivity contribution in [2.75, 3.05) is 5.43 Å². The topological polar surface area (TPSA) is 67.5 Å². The van der Waals surface area contributed by atoms with Gasteiger partial charge in [0.1, 0.15) is 5.69 Å². The fraction of sp³-hybridized carbons (Fsp3) is 0.562. The molecule has 1 atom stereocenters. The van der Waals surface area contributed by atoms with Crippen LogP contribution in [0.4, 0.5) is 24.5 Å². The molecule has 2 rings (SSSR count). The first-order chi connectivity index (χ1) is 11.0.